The summed E-state index contributed by atoms with van der Waals surface area (Å²) in [6.45, 7) is 1.74. The SMILES string of the molecule is CC=COc1cccc(C(=O)Nc2ccc(S(F)(F)(F)(F)F)cc2)c1. The predicted octanol–water partition coefficient (Wildman–Crippen LogP) is 6.51. The van der Waals surface area contributed by atoms with E-state index in [9.17, 15) is 24.2 Å². The average molecular weight is 379 g/mol. The molecule has 1 N–H and O–H groups in total. The first kappa shape index (κ1) is 18.8. The molecule has 0 spiro atoms. The molecule has 2 aromatic carbocycles. The van der Waals surface area contributed by atoms with E-state index in [2.05, 4.69) is 5.32 Å². The standard InChI is InChI=1S/C16H14F5NO2S/c1-2-10-24-14-5-3-4-12(11-14)16(23)22-13-6-8-15(9-7-13)25(17,18,19,20)21/h2-11H,1H3,(H,22,23). The maximum absolute atomic E-state index is 12.6. The van der Waals surface area contributed by atoms with Crippen molar-refractivity contribution in [1.29, 1.82) is 0 Å². The summed E-state index contributed by atoms with van der Waals surface area (Å²) >= 11 is 0. The number of rotatable bonds is 5. The second-order valence-corrected chi connectivity index (χ2v) is 7.47. The van der Waals surface area contributed by atoms with Crippen LogP contribution in [0.3, 0.4) is 0 Å². The Morgan fingerprint density at radius 3 is 2.24 bits per heavy atom. The van der Waals surface area contributed by atoms with E-state index in [1.807, 2.05) is 0 Å². The van der Waals surface area contributed by atoms with E-state index in [-0.39, 0.29) is 23.4 Å². The summed E-state index contributed by atoms with van der Waals surface area (Å²) in [7, 11) is -9.72. The Hall–Kier alpha value is -2.55. The summed E-state index contributed by atoms with van der Waals surface area (Å²) in [5.74, 6) is -0.229. The number of carbonyl (C=O) groups is 1. The number of nitrogens with one attached hydrogen (secondary N) is 1. The largest absolute Gasteiger partial charge is 0.465 e. The van der Waals surface area contributed by atoms with Crippen LogP contribution in [0, 0.1) is 0 Å². The Bertz CT molecular complexity index is 817. The number of ether oxygens (including phenoxy) is 1. The Labute approximate surface area is 140 Å². The first-order valence-corrected chi connectivity index (χ1v) is 8.87. The number of benzene rings is 2. The minimum Gasteiger partial charge on any atom is -0.465 e. The first-order valence-electron chi connectivity index (χ1n) is 6.92. The van der Waals surface area contributed by atoms with Gasteiger partial charge in [0.15, 0.2) is 0 Å². The molecule has 0 heterocycles. The summed E-state index contributed by atoms with van der Waals surface area (Å²) in [4.78, 5) is 10.1. The summed E-state index contributed by atoms with van der Waals surface area (Å²) in [5, 5.41) is 2.33. The summed E-state index contributed by atoms with van der Waals surface area (Å²) < 4.78 is 68.4. The number of hydrogen-bond acceptors (Lipinski definition) is 2. The van der Waals surface area contributed by atoms with Crippen molar-refractivity contribution in [2.75, 3.05) is 5.32 Å². The highest BCUT2D eigenvalue weighted by Crippen LogP contribution is 3.02. The molecule has 136 valence electrons. The molecule has 0 aliphatic carbocycles. The third kappa shape index (κ3) is 5.21. The fourth-order valence-corrected chi connectivity index (χ4v) is 2.51. The van der Waals surface area contributed by atoms with E-state index in [0.29, 0.717) is 5.75 Å². The van der Waals surface area contributed by atoms with Crippen LogP contribution >= 0.6 is 10.2 Å². The van der Waals surface area contributed by atoms with Gasteiger partial charge in [-0.3, -0.25) is 4.79 Å². The zero-order valence-corrected chi connectivity index (χ0v) is 13.7. The highest BCUT2D eigenvalue weighted by Gasteiger charge is 2.65. The van der Waals surface area contributed by atoms with Gasteiger partial charge in [-0.25, -0.2) is 0 Å². The van der Waals surface area contributed by atoms with Crippen molar-refractivity contribution in [3.63, 3.8) is 0 Å². The second-order valence-electron chi connectivity index (χ2n) is 5.06. The molecule has 0 radical (unpaired) electrons. The van der Waals surface area contributed by atoms with Crippen LogP contribution in [0.2, 0.25) is 0 Å². The van der Waals surface area contributed by atoms with Crippen molar-refractivity contribution in [1.82, 2.24) is 0 Å². The quantitative estimate of drug-likeness (QED) is 0.475. The third-order valence-corrected chi connectivity index (χ3v) is 4.16. The van der Waals surface area contributed by atoms with Crippen molar-refractivity contribution >= 4 is 21.8 Å². The molecule has 2 aromatic rings. The van der Waals surface area contributed by atoms with Crippen molar-refractivity contribution in [3.8, 4) is 5.75 Å². The maximum atomic E-state index is 12.6. The monoisotopic (exact) mass is 379 g/mol. The Morgan fingerprint density at radius 1 is 1.04 bits per heavy atom. The van der Waals surface area contributed by atoms with Crippen LogP contribution in [0.1, 0.15) is 17.3 Å². The number of halogens is 5. The molecule has 25 heavy (non-hydrogen) atoms. The van der Waals surface area contributed by atoms with Crippen LogP contribution in [0.5, 0.6) is 5.75 Å². The molecular weight excluding hydrogens is 365 g/mol. The molecule has 0 bridgehead atoms. The van der Waals surface area contributed by atoms with Gasteiger partial charge in [-0.05, 0) is 49.4 Å². The van der Waals surface area contributed by atoms with Gasteiger partial charge in [0.25, 0.3) is 5.91 Å². The molecule has 0 aliphatic heterocycles. The van der Waals surface area contributed by atoms with E-state index in [4.69, 9.17) is 4.74 Å². The van der Waals surface area contributed by atoms with Crippen LogP contribution in [0.25, 0.3) is 0 Å². The first-order chi connectivity index (χ1) is 11.4. The molecule has 0 saturated carbocycles. The molecule has 9 heteroatoms. The lowest BCUT2D eigenvalue weighted by Gasteiger charge is -2.40. The molecule has 0 atom stereocenters. The number of allylic oxidation sites excluding steroid dienone is 1. The number of anilines is 1. The zero-order valence-electron chi connectivity index (χ0n) is 12.9. The lowest BCUT2D eigenvalue weighted by molar-refractivity contribution is 0.102. The molecule has 2 rings (SSSR count). The van der Waals surface area contributed by atoms with Crippen molar-refractivity contribution < 1.29 is 29.0 Å². The van der Waals surface area contributed by atoms with Gasteiger partial charge in [-0.1, -0.05) is 31.6 Å². The molecule has 0 saturated heterocycles. The second kappa shape index (κ2) is 5.76. The van der Waals surface area contributed by atoms with Crippen LogP contribution < -0.4 is 10.1 Å². The van der Waals surface area contributed by atoms with Gasteiger partial charge in [-0.15, -0.1) is 0 Å². The molecular formula is C16H14F5NO2S. The Balaban J connectivity index is 2.17. The average Bonchev–Trinajstić information content (AvgIpc) is 2.51. The summed E-state index contributed by atoms with van der Waals surface area (Å²) in [5.41, 5.74) is 0.147. The van der Waals surface area contributed by atoms with E-state index < -0.39 is 21.0 Å². The van der Waals surface area contributed by atoms with E-state index >= 15 is 0 Å². The third-order valence-electron chi connectivity index (χ3n) is 2.99. The fourth-order valence-electron chi connectivity index (χ4n) is 1.86. The summed E-state index contributed by atoms with van der Waals surface area (Å²) in [6.07, 6.45) is 3.06. The van der Waals surface area contributed by atoms with Gasteiger partial charge in [-0.2, -0.15) is 0 Å². The van der Waals surface area contributed by atoms with E-state index in [1.54, 1.807) is 25.1 Å². The zero-order chi connectivity index (χ0) is 18.8. The highest BCUT2D eigenvalue weighted by molar-refractivity contribution is 8.45. The van der Waals surface area contributed by atoms with Gasteiger partial charge in [0.05, 0.1) is 6.26 Å². The normalized spacial score (nSPS) is 14.6. The maximum Gasteiger partial charge on any atom is 0.310 e. The van der Waals surface area contributed by atoms with Crippen LogP contribution in [0.4, 0.5) is 25.1 Å². The fraction of sp³-hybridized carbons (Fsp3) is 0.0625. The lowest BCUT2D eigenvalue weighted by atomic mass is 10.2. The molecule has 0 aromatic heterocycles. The molecule has 0 unspecified atom stereocenters. The molecule has 0 aliphatic rings. The predicted molar refractivity (Wildman–Crippen MR) is 87.7 cm³/mol. The minimum absolute atomic E-state index is 0.0459. The Kier molecular flexibility index (Phi) is 4.33. The molecule has 1 amide bonds. The number of carbonyl (C=O) groups excluding carboxylic acids is 1. The van der Waals surface area contributed by atoms with Crippen molar-refractivity contribution in [2.24, 2.45) is 0 Å². The van der Waals surface area contributed by atoms with E-state index in [1.165, 1.54) is 18.4 Å². The van der Waals surface area contributed by atoms with E-state index in [0.717, 1.165) is 12.1 Å². The number of hydrogen-bond donors (Lipinski definition) is 1. The van der Waals surface area contributed by atoms with Gasteiger partial charge in [0.2, 0.25) is 0 Å². The van der Waals surface area contributed by atoms with Gasteiger partial charge >= 0.3 is 10.2 Å². The topological polar surface area (TPSA) is 38.3 Å². The van der Waals surface area contributed by atoms with Crippen LogP contribution in [-0.2, 0) is 0 Å². The van der Waals surface area contributed by atoms with Crippen LogP contribution in [0.15, 0.2) is 65.8 Å². The summed E-state index contributed by atoms with van der Waals surface area (Å²) in [6, 6.07) is 8.09. The smallest absolute Gasteiger partial charge is 0.310 e. The lowest BCUT2D eigenvalue weighted by Crippen LogP contribution is -2.12. The van der Waals surface area contributed by atoms with Crippen LogP contribution in [-0.4, -0.2) is 5.91 Å². The van der Waals surface area contributed by atoms with Gasteiger partial charge in [0, 0.05) is 11.3 Å². The molecule has 3 nitrogen and oxygen atoms in total. The van der Waals surface area contributed by atoms with Gasteiger partial charge < -0.3 is 10.1 Å². The minimum atomic E-state index is -9.72. The molecule has 0 fully saturated rings. The highest BCUT2D eigenvalue weighted by atomic mass is 32.5. The number of amides is 1. The van der Waals surface area contributed by atoms with Crippen molar-refractivity contribution in [3.05, 3.63) is 66.4 Å². The van der Waals surface area contributed by atoms with Gasteiger partial charge in [0.1, 0.15) is 10.6 Å². The van der Waals surface area contributed by atoms with Crippen molar-refractivity contribution in [2.45, 2.75) is 11.8 Å². The Morgan fingerprint density at radius 2 is 1.68 bits per heavy atom.